The fraction of sp³-hybridized carbons (Fsp3) is 0.125. The van der Waals surface area contributed by atoms with E-state index in [2.05, 4.69) is 42.4 Å². The van der Waals surface area contributed by atoms with E-state index in [1.807, 2.05) is 0 Å². The van der Waals surface area contributed by atoms with Crippen LogP contribution in [0.15, 0.2) is 38.3 Å². The third kappa shape index (κ3) is 5.57. The monoisotopic (exact) mass is 535 g/mol. The first-order chi connectivity index (χ1) is 13.2. The summed E-state index contributed by atoms with van der Waals surface area (Å²) in [7, 11) is 1.46. The fourth-order valence-electron chi connectivity index (χ4n) is 2.02. The van der Waals surface area contributed by atoms with Crippen LogP contribution in [-0.2, 0) is 4.79 Å². The van der Waals surface area contributed by atoms with Crippen LogP contribution in [0.25, 0.3) is 0 Å². The van der Waals surface area contributed by atoms with Gasteiger partial charge in [0.25, 0.3) is 5.91 Å². The van der Waals surface area contributed by atoms with Crippen molar-refractivity contribution in [3.05, 3.63) is 53.9 Å². The van der Waals surface area contributed by atoms with E-state index in [1.165, 1.54) is 13.2 Å². The second-order valence-electron chi connectivity index (χ2n) is 5.12. The van der Waals surface area contributed by atoms with E-state index < -0.39 is 22.3 Å². The van der Waals surface area contributed by atoms with Gasteiger partial charge in [0.05, 0.1) is 22.7 Å². The largest absolute Gasteiger partial charge is 0.502 e. The van der Waals surface area contributed by atoms with Gasteiger partial charge in [-0.25, -0.2) is 5.43 Å². The Kier molecular flexibility index (Phi) is 7.61. The minimum Gasteiger partial charge on any atom is -0.502 e. The van der Waals surface area contributed by atoms with Crippen LogP contribution in [0.4, 0.5) is 5.69 Å². The predicted octanol–water partition coefficient (Wildman–Crippen LogP) is 4.02. The molecule has 2 N–H and O–H groups in total. The minimum atomic E-state index is -0.783. The fourth-order valence-corrected chi connectivity index (χ4v) is 3.54. The molecule has 28 heavy (non-hydrogen) atoms. The van der Waals surface area contributed by atoms with Crippen molar-refractivity contribution in [3.8, 4) is 17.2 Å². The lowest BCUT2D eigenvalue weighted by Gasteiger charge is -2.12. The minimum absolute atomic E-state index is 0.0299. The number of nitro benzene ring substituents is 1. The molecule has 0 spiro atoms. The molecule has 0 atom stereocenters. The molecular weight excluding hydrogens is 525 g/mol. The van der Waals surface area contributed by atoms with Gasteiger partial charge in [-0.2, -0.15) is 5.10 Å². The zero-order valence-corrected chi connectivity index (χ0v) is 18.0. The molecular formula is C16H12Br2ClN3O6. The molecule has 0 unspecified atom stereocenters. The number of carbonyl (C=O) groups is 1. The maximum atomic E-state index is 11.9. The number of carbonyl (C=O) groups excluding carboxylic acids is 1. The first-order valence-electron chi connectivity index (χ1n) is 7.37. The summed E-state index contributed by atoms with van der Waals surface area (Å²) < 4.78 is 12.0. The summed E-state index contributed by atoms with van der Waals surface area (Å²) in [6, 6.07) is 5.66. The maximum absolute atomic E-state index is 11.9. The third-order valence-corrected chi connectivity index (χ3v) is 4.48. The van der Waals surface area contributed by atoms with Gasteiger partial charge in [0, 0.05) is 21.1 Å². The number of nitrogens with zero attached hydrogens (tertiary/aromatic N) is 2. The molecule has 0 saturated heterocycles. The third-order valence-electron chi connectivity index (χ3n) is 3.22. The zero-order chi connectivity index (χ0) is 20.8. The van der Waals surface area contributed by atoms with E-state index in [-0.39, 0.29) is 17.2 Å². The molecule has 0 radical (unpaired) electrons. The lowest BCUT2D eigenvalue weighted by molar-refractivity contribution is -0.385. The number of rotatable bonds is 7. The summed E-state index contributed by atoms with van der Waals surface area (Å²) in [6.45, 7) is -0.379. The number of nitro groups is 1. The molecule has 0 heterocycles. The predicted molar refractivity (Wildman–Crippen MR) is 109 cm³/mol. The van der Waals surface area contributed by atoms with Crippen LogP contribution in [0.1, 0.15) is 5.56 Å². The number of methoxy groups -OCH3 is 1. The Morgan fingerprint density at radius 2 is 2.11 bits per heavy atom. The van der Waals surface area contributed by atoms with Gasteiger partial charge < -0.3 is 14.6 Å². The molecule has 12 heteroatoms. The van der Waals surface area contributed by atoms with Crippen molar-refractivity contribution in [3.63, 3.8) is 0 Å². The average Bonchev–Trinajstić information content (AvgIpc) is 2.62. The first-order valence-corrected chi connectivity index (χ1v) is 9.34. The second-order valence-corrected chi connectivity index (χ2v) is 7.33. The quantitative estimate of drug-likeness (QED) is 0.313. The highest BCUT2D eigenvalue weighted by molar-refractivity contribution is 9.11. The number of ether oxygens (including phenoxy) is 2. The van der Waals surface area contributed by atoms with Gasteiger partial charge >= 0.3 is 5.69 Å². The zero-order valence-electron chi connectivity index (χ0n) is 14.1. The summed E-state index contributed by atoms with van der Waals surface area (Å²) in [5, 5.41) is 24.4. The second kappa shape index (κ2) is 9.71. The highest BCUT2D eigenvalue weighted by Crippen LogP contribution is 2.38. The highest BCUT2D eigenvalue weighted by Gasteiger charge is 2.18. The summed E-state index contributed by atoms with van der Waals surface area (Å²) in [5.41, 5.74) is 1.58. The Hall–Kier alpha value is -2.37. The van der Waals surface area contributed by atoms with E-state index in [9.17, 15) is 20.0 Å². The molecule has 0 fully saturated rings. The summed E-state index contributed by atoms with van der Waals surface area (Å²) >= 11 is 12.4. The number of amides is 1. The molecule has 2 rings (SSSR count). The van der Waals surface area contributed by atoms with Gasteiger partial charge in [0.15, 0.2) is 18.1 Å². The summed E-state index contributed by atoms with van der Waals surface area (Å²) in [4.78, 5) is 22.0. The number of halogens is 3. The lowest BCUT2D eigenvalue weighted by Crippen LogP contribution is -2.24. The first kappa shape index (κ1) is 21.9. The number of hydrogen-bond acceptors (Lipinski definition) is 7. The number of aromatic hydroxyl groups is 1. The van der Waals surface area contributed by atoms with Gasteiger partial charge in [0.2, 0.25) is 5.75 Å². The molecule has 0 aliphatic rings. The van der Waals surface area contributed by atoms with Crippen molar-refractivity contribution >= 4 is 61.3 Å². The van der Waals surface area contributed by atoms with Crippen LogP contribution in [0.2, 0.25) is 5.02 Å². The molecule has 0 saturated carbocycles. The van der Waals surface area contributed by atoms with E-state index in [0.717, 1.165) is 16.8 Å². The van der Waals surface area contributed by atoms with Crippen molar-refractivity contribution in [1.82, 2.24) is 5.43 Å². The number of hydrogen-bond donors (Lipinski definition) is 2. The Labute approximate surface area is 180 Å². The van der Waals surface area contributed by atoms with Crippen LogP contribution in [0.5, 0.6) is 17.2 Å². The van der Waals surface area contributed by atoms with Crippen molar-refractivity contribution < 1.29 is 24.3 Å². The van der Waals surface area contributed by atoms with Crippen LogP contribution in [-0.4, -0.2) is 35.9 Å². The number of hydrazone groups is 1. The van der Waals surface area contributed by atoms with Crippen LogP contribution >= 0.6 is 43.5 Å². The Morgan fingerprint density at radius 1 is 1.39 bits per heavy atom. The molecule has 9 nitrogen and oxygen atoms in total. The van der Waals surface area contributed by atoms with E-state index in [4.69, 9.17) is 21.1 Å². The Balaban J connectivity index is 2.03. The van der Waals surface area contributed by atoms with Gasteiger partial charge in [-0.3, -0.25) is 14.9 Å². The summed E-state index contributed by atoms with van der Waals surface area (Å²) in [6.07, 6.45) is 1.03. The van der Waals surface area contributed by atoms with E-state index >= 15 is 0 Å². The molecule has 2 aromatic rings. The highest BCUT2D eigenvalue weighted by atomic mass is 79.9. The SMILES string of the molecule is COc1cc(Br)cc(Br)c1OCC(=O)N/N=C/c1cc(Cl)cc([N+](=O)[O-])c1O. The Bertz CT molecular complexity index is 954. The number of benzene rings is 2. The van der Waals surface area contributed by atoms with Crippen molar-refractivity contribution in [2.45, 2.75) is 0 Å². The van der Waals surface area contributed by atoms with E-state index in [0.29, 0.717) is 16.0 Å². The molecule has 148 valence electrons. The van der Waals surface area contributed by atoms with Crippen molar-refractivity contribution in [1.29, 1.82) is 0 Å². The van der Waals surface area contributed by atoms with Crippen molar-refractivity contribution in [2.24, 2.45) is 5.10 Å². The van der Waals surface area contributed by atoms with E-state index in [1.54, 1.807) is 12.1 Å². The van der Waals surface area contributed by atoms with Crippen LogP contribution in [0, 0.1) is 10.1 Å². The number of phenols is 1. The molecule has 0 aliphatic heterocycles. The molecule has 0 bridgehead atoms. The van der Waals surface area contributed by atoms with Crippen molar-refractivity contribution in [2.75, 3.05) is 13.7 Å². The van der Waals surface area contributed by atoms with Crippen LogP contribution < -0.4 is 14.9 Å². The number of phenolic OH excluding ortho intramolecular Hbond substituents is 1. The van der Waals surface area contributed by atoms with Gasteiger partial charge in [-0.15, -0.1) is 0 Å². The topological polar surface area (TPSA) is 123 Å². The number of nitrogens with one attached hydrogen (secondary N) is 1. The molecule has 2 aromatic carbocycles. The Morgan fingerprint density at radius 3 is 2.75 bits per heavy atom. The van der Waals surface area contributed by atoms with Gasteiger partial charge in [0.1, 0.15) is 0 Å². The molecule has 0 aromatic heterocycles. The normalized spacial score (nSPS) is 10.7. The summed E-state index contributed by atoms with van der Waals surface area (Å²) in [5.74, 6) is -0.488. The molecule has 1 amide bonds. The smallest absolute Gasteiger partial charge is 0.312 e. The van der Waals surface area contributed by atoms with Crippen LogP contribution in [0.3, 0.4) is 0 Å². The van der Waals surface area contributed by atoms with Gasteiger partial charge in [-0.1, -0.05) is 27.5 Å². The average molecular weight is 538 g/mol. The molecule has 0 aliphatic carbocycles. The van der Waals surface area contributed by atoms with Gasteiger partial charge in [-0.05, 0) is 34.1 Å². The maximum Gasteiger partial charge on any atom is 0.312 e. The lowest BCUT2D eigenvalue weighted by atomic mass is 10.2. The standard InChI is InChI=1S/C16H12Br2ClN3O6/c1-27-13-4-9(17)3-11(18)16(13)28-7-14(23)21-20-6-8-2-10(19)5-12(15(8)24)22(25)26/h2-6,24H,7H2,1H3,(H,21,23)/b20-6+.